The summed E-state index contributed by atoms with van der Waals surface area (Å²) in [5, 5.41) is 10.5. The number of hydrogen-bond acceptors (Lipinski definition) is 4. The second-order valence-electron chi connectivity index (χ2n) is 3.72. The van der Waals surface area contributed by atoms with Crippen LogP contribution in [0, 0.1) is 5.82 Å². The first-order valence-corrected chi connectivity index (χ1v) is 6.10. The van der Waals surface area contributed by atoms with Crippen LogP contribution in [0.15, 0.2) is 29.6 Å². The molecular weight excluding hydrogens is 271 g/mol. The Bertz CT molecular complexity index is 648. The zero-order chi connectivity index (χ0) is 14.0. The number of carboxylic acids is 1. The molecule has 1 N–H and O–H groups in total. The second-order valence-corrected chi connectivity index (χ2v) is 4.64. The van der Waals surface area contributed by atoms with Crippen molar-refractivity contribution < 1.29 is 23.8 Å². The number of hydrogen-bond donors (Lipinski definition) is 1. The molecule has 0 saturated heterocycles. The molecule has 0 fully saturated rings. The summed E-state index contributed by atoms with van der Waals surface area (Å²) in [6.45, 7) is 0. The van der Waals surface area contributed by atoms with Crippen LogP contribution in [-0.2, 0) is 4.74 Å². The second kappa shape index (κ2) is 5.19. The van der Waals surface area contributed by atoms with Gasteiger partial charge >= 0.3 is 11.9 Å². The van der Waals surface area contributed by atoms with Crippen molar-refractivity contribution >= 4 is 23.3 Å². The third kappa shape index (κ3) is 2.79. The van der Waals surface area contributed by atoms with E-state index in [0.29, 0.717) is 16.0 Å². The molecule has 0 aliphatic heterocycles. The average molecular weight is 280 g/mol. The normalized spacial score (nSPS) is 10.2. The SMILES string of the molecule is COC(=O)c1cc(-c2cc(F)cc(C(=O)O)c2)cs1. The molecule has 19 heavy (non-hydrogen) atoms. The molecule has 0 radical (unpaired) electrons. The molecule has 0 atom stereocenters. The van der Waals surface area contributed by atoms with Crippen molar-refractivity contribution in [2.75, 3.05) is 7.11 Å². The summed E-state index contributed by atoms with van der Waals surface area (Å²) >= 11 is 1.15. The average Bonchev–Trinajstić information content (AvgIpc) is 2.86. The van der Waals surface area contributed by atoms with E-state index >= 15 is 0 Å². The fourth-order valence-corrected chi connectivity index (χ4v) is 2.41. The van der Waals surface area contributed by atoms with E-state index in [0.717, 1.165) is 17.4 Å². The van der Waals surface area contributed by atoms with Gasteiger partial charge in [-0.15, -0.1) is 11.3 Å². The van der Waals surface area contributed by atoms with Gasteiger partial charge in [0.05, 0.1) is 12.7 Å². The smallest absolute Gasteiger partial charge is 0.348 e. The van der Waals surface area contributed by atoms with Crippen LogP contribution in [0.2, 0.25) is 0 Å². The van der Waals surface area contributed by atoms with E-state index in [2.05, 4.69) is 4.74 Å². The van der Waals surface area contributed by atoms with Crippen LogP contribution >= 0.6 is 11.3 Å². The number of methoxy groups -OCH3 is 1. The number of rotatable bonds is 3. The Balaban J connectivity index is 2.44. The van der Waals surface area contributed by atoms with E-state index in [1.54, 1.807) is 5.38 Å². The van der Waals surface area contributed by atoms with Gasteiger partial charge in [0, 0.05) is 0 Å². The number of esters is 1. The van der Waals surface area contributed by atoms with Crippen molar-refractivity contribution in [2.45, 2.75) is 0 Å². The molecule has 1 aromatic carbocycles. The molecule has 98 valence electrons. The van der Waals surface area contributed by atoms with Crippen molar-refractivity contribution in [1.82, 2.24) is 0 Å². The molecule has 1 aromatic heterocycles. The van der Waals surface area contributed by atoms with Gasteiger partial charge in [0.1, 0.15) is 10.7 Å². The van der Waals surface area contributed by atoms with E-state index in [1.807, 2.05) is 0 Å². The van der Waals surface area contributed by atoms with Gasteiger partial charge in [0.2, 0.25) is 0 Å². The van der Waals surface area contributed by atoms with Crippen molar-refractivity contribution in [1.29, 1.82) is 0 Å². The Morgan fingerprint density at radius 3 is 2.58 bits per heavy atom. The monoisotopic (exact) mass is 280 g/mol. The lowest BCUT2D eigenvalue weighted by Gasteiger charge is -2.01. The van der Waals surface area contributed by atoms with E-state index in [9.17, 15) is 14.0 Å². The number of halogens is 1. The molecule has 2 rings (SSSR count). The third-order valence-electron chi connectivity index (χ3n) is 2.46. The van der Waals surface area contributed by atoms with Crippen LogP contribution in [0.25, 0.3) is 11.1 Å². The zero-order valence-electron chi connectivity index (χ0n) is 9.84. The van der Waals surface area contributed by atoms with Gasteiger partial charge in [0.15, 0.2) is 0 Å². The standard InChI is InChI=1S/C13H9FO4S/c1-18-13(17)11-5-9(6-19-11)7-2-8(12(15)16)4-10(14)3-7/h2-6H,1H3,(H,15,16). The molecule has 0 aliphatic rings. The summed E-state index contributed by atoms with van der Waals surface area (Å²) < 4.78 is 17.9. The first-order chi connectivity index (χ1) is 9.01. The van der Waals surface area contributed by atoms with E-state index in [1.165, 1.54) is 25.3 Å². The number of thiophene rings is 1. The Labute approximate surface area is 112 Å². The summed E-state index contributed by atoms with van der Waals surface area (Å²) in [4.78, 5) is 22.6. The van der Waals surface area contributed by atoms with E-state index in [4.69, 9.17) is 5.11 Å². The molecule has 0 unspecified atom stereocenters. The van der Waals surface area contributed by atoms with Crippen LogP contribution in [-0.4, -0.2) is 24.2 Å². The van der Waals surface area contributed by atoms with Crippen LogP contribution in [0.5, 0.6) is 0 Å². The van der Waals surface area contributed by atoms with E-state index in [-0.39, 0.29) is 5.56 Å². The van der Waals surface area contributed by atoms with Gasteiger partial charge in [0.25, 0.3) is 0 Å². The number of carboxylic acid groups (broad SMARTS) is 1. The predicted molar refractivity (Wildman–Crippen MR) is 68.0 cm³/mol. The van der Waals surface area contributed by atoms with E-state index < -0.39 is 17.8 Å². The van der Waals surface area contributed by atoms with Crippen LogP contribution in [0.3, 0.4) is 0 Å². The van der Waals surface area contributed by atoms with Gasteiger partial charge < -0.3 is 9.84 Å². The number of carbonyl (C=O) groups excluding carboxylic acids is 1. The maximum absolute atomic E-state index is 13.4. The maximum atomic E-state index is 13.4. The quantitative estimate of drug-likeness (QED) is 0.878. The zero-order valence-corrected chi connectivity index (χ0v) is 10.7. The molecule has 2 aromatic rings. The Hall–Kier alpha value is -2.21. The predicted octanol–water partition coefficient (Wildman–Crippen LogP) is 3.04. The molecule has 0 spiro atoms. The summed E-state index contributed by atoms with van der Waals surface area (Å²) in [5.74, 6) is -2.32. The highest BCUT2D eigenvalue weighted by Gasteiger charge is 2.13. The first-order valence-electron chi connectivity index (χ1n) is 5.22. The molecule has 0 bridgehead atoms. The van der Waals surface area contributed by atoms with Gasteiger partial charge in [-0.25, -0.2) is 14.0 Å². The van der Waals surface area contributed by atoms with Crippen molar-refractivity contribution in [3.8, 4) is 11.1 Å². The molecule has 4 nitrogen and oxygen atoms in total. The first kappa shape index (κ1) is 13.2. The molecule has 6 heteroatoms. The summed E-state index contributed by atoms with van der Waals surface area (Å²) in [6.07, 6.45) is 0. The highest BCUT2D eigenvalue weighted by Crippen LogP contribution is 2.27. The lowest BCUT2D eigenvalue weighted by atomic mass is 10.1. The minimum atomic E-state index is -1.20. The summed E-state index contributed by atoms with van der Waals surface area (Å²) in [5.41, 5.74) is 0.844. The van der Waals surface area contributed by atoms with Gasteiger partial charge in [-0.05, 0) is 40.8 Å². The summed E-state index contributed by atoms with van der Waals surface area (Å²) in [7, 11) is 1.27. The largest absolute Gasteiger partial charge is 0.478 e. The molecule has 0 saturated carbocycles. The van der Waals surface area contributed by atoms with Crippen molar-refractivity contribution in [3.05, 3.63) is 45.9 Å². The summed E-state index contributed by atoms with van der Waals surface area (Å²) in [6, 6.07) is 5.06. The fraction of sp³-hybridized carbons (Fsp3) is 0.0769. The minimum Gasteiger partial charge on any atom is -0.478 e. The Morgan fingerprint density at radius 1 is 1.21 bits per heavy atom. The Kier molecular flexibility index (Phi) is 3.62. The molecule has 0 amide bonds. The highest BCUT2D eigenvalue weighted by atomic mass is 32.1. The lowest BCUT2D eigenvalue weighted by Crippen LogP contribution is -1.98. The molecule has 0 aliphatic carbocycles. The lowest BCUT2D eigenvalue weighted by molar-refractivity contribution is 0.0605. The Morgan fingerprint density at radius 2 is 1.95 bits per heavy atom. The maximum Gasteiger partial charge on any atom is 0.348 e. The number of aromatic carboxylic acids is 1. The van der Waals surface area contributed by atoms with Gasteiger partial charge in [-0.2, -0.15) is 0 Å². The highest BCUT2D eigenvalue weighted by molar-refractivity contribution is 7.12. The third-order valence-corrected chi connectivity index (χ3v) is 3.37. The van der Waals surface area contributed by atoms with Gasteiger partial charge in [-0.1, -0.05) is 0 Å². The van der Waals surface area contributed by atoms with Crippen LogP contribution in [0.1, 0.15) is 20.0 Å². The van der Waals surface area contributed by atoms with Crippen molar-refractivity contribution in [3.63, 3.8) is 0 Å². The van der Waals surface area contributed by atoms with Crippen LogP contribution in [0.4, 0.5) is 4.39 Å². The van der Waals surface area contributed by atoms with Gasteiger partial charge in [-0.3, -0.25) is 0 Å². The van der Waals surface area contributed by atoms with Crippen molar-refractivity contribution in [2.24, 2.45) is 0 Å². The van der Waals surface area contributed by atoms with Crippen LogP contribution < -0.4 is 0 Å². The fourth-order valence-electron chi connectivity index (χ4n) is 1.58. The molecule has 1 heterocycles. The number of benzene rings is 1. The topological polar surface area (TPSA) is 63.6 Å². The molecular formula is C13H9FO4S. The minimum absolute atomic E-state index is 0.138. The number of ether oxygens (including phenoxy) is 1. The number of carbonyl (C=O) groups is 2.